The van der Waals surface area contributed by atoms with Gasteiger partial charge in [0.15, 0.2) is 9.84 Å². The summed E-state index contributed by atoms with van der Waals surface area (Å²) in [6, 6.07) is 13.2. The lowest BCUT2D eigenvalue weighted by Crippen LogP contribution is -2.17. The molecular formula is C16H16BrNO4S. The van der Waals surface area contributed by atoms with E-state index < -0.39 is 9.84 Å². The van der Waals surface area contributed by atoms with Crippen molar-refractivity contribution in [1.29, 1.82) is 0 Å². The number of benzene rings is 2. The highest BCUT2D eigenvalue weighted by atomic mass is 79.9. The maximum absolute atomic E-state index is 12.2. The second-order valence-electron chi connectivity index (χ2n) is 4.80. The van der Waals surface area contributed by atoms with Gasteiger partial charge in [-0.15, -0.1) is 0 Å². The Bertz CT molecular complexity index is 771. The SMILES string of the molecule is COc1ccc(S(=O)(=O)CCC(=O)Nc2ccc(Br)cc2)cc1. The van der Waals surface area contributed by atoms with Crippen molar-refractivity contribution in [2.24, 2.45) is 0 Å². The number of carbonyl (C=O) groups is 1. The molecule has 1 amide bonds. The summed E-state index contributed by atoms with van der Waals surface area (Å²) in [6.45, 7) is 0. The van der Waals surface area contributed by atoms with Crippen LogP contribution in [0.25, 0.3) is 0 Å². The van der Waals surface area contributed by atoms with Crippen LogP contribution in [0.4, 0.5) is 5.69 Å². The highest BCUT2D eigenvalue weighted by Crippen LogP contribution is 2.18. The molecule has 122 valence electrons. The van der Waals surface area contributed by atoms with Gasteiger partial charge in [0, 0.05) is 16.6 Å². The summed E-state index contributed by atoms with van der Waals surface area (Å²) in [5.41, 5.74) is 0.625. The van der Waals surface area contributed by atoms with Crippen LogP contribution < -0.4 is 10.1 Å². The zero-order valence-electron chi connectivity index (χ0n) is 12.5. The zero-order valence-corrected chi connectivity index (χ0v) is 14.9. The van der Waals surface area contributed by atoms with Crippen molar-refractivity contribution in [2.45, 2.75) is 11.3 Å². The van der Waals surface area contributed by atoms with E-state index in [0.29, 0.717) is 11.4 Å². The van der Waals surface area contributed by atoms with Crippen LogP contribution in [0.5, 0.6) is 5.75 Å². The van der Waals surface area contributed by atoms with Crippen LogP contribution in [0, 0.1) is 0 Å². The van der Waals surface area contributed by atoms with E-state index >= 15 is 0 Å². The number of rotatable bonds is 6. The first kappa shape index (κ1) is 17.5. The van der Waals surface area contributed by atoms with Crippen molar-refractivity contribution >= 4 is 37.4 Å². The Morgan fingerprint density at radius 2 is 1.70 bits per heavy atom. The molecule has 0 radical (unpaired) electrons. The van der Waals surface area contributed by atoms with Crippen LogP contribution in [0.2, 0.25) is 0 Å². The van der Waals surface area contributed by atoms with Crippen LogP contribution >= 0.6 is 15.9 Å². The number of ether oxygens (including phenoxy) is 1. The number of hydrogen-bond donors (Lipinski definition) is 1. The average molecular weight is 398 g/mol. The Morgan fingerprint density at radius 3 is 2.26 bits per heavy atom. The van der Waals surface area contributed by atoms with Gasteiger partial charge < -0.3 is 10.1 Å². The quantitative estimate of drug-likeness (QED) is 0.811. The summed E-state index contributed by atoms with van der Waals surface area (Å²) in [6.07, 6.45) is -0.107. The minimum Gasteiger partial charge on any atom is -0.497 e. The lowest BCUT2D eigenvalue weighted by Gasteiger charge is -2.07. The van der Waals surface area contributed by atoms with Gasteiger partial charge in [-0.3, -0.25) is 4.79 Å². The molecule has 0 saturated heterocycles. The van der Waals surface area contributed by atoms with Gasteiger partial charge in [-0.2, -0.15) is 0 Å². The largest absolute Gasteiger partial charge is 0.497 e. The van der Waals surface area contributed by atoms with Gasteiger partial charge >= 0.3 is 0 Å². The number of nitrogens with one attached hydrogen (secondary N) is 1. The second kappa shape index (κ2) is 7.61. The molecule has 0 heterocycles. The number of carbonyl (C=O) groups excluding carboxylic acids is 1. The predicted molar refractivity (Wildman–Crippen MR) is 92.4 cm³/mol. The number of sulfone groups is 1. The van der Waals surface area contributed by atoms with Crippen LogP contribution in [0.3, 0.4) is 0 Å². The molecule has 0 atom stereocenters. The molecule has 5 nitrogen and oxygen atoms in total. The van der Waals surface area contributed by atoms with Crippen molar-refractivity contribution < 1.29 is 17.9 Å². The number of methoxy groups -OCH3 is 1. The summed E-state index contributed by atoms with van der Waals surface area (Å²) in [5.74, 6) is -0.0110. The first-order valence-corrected chi connectivity index (χ1v) is 9.27. The van der Waals surface area contributed by atoms with Gasteiger partial charge in [-0.1, -0.05) is 15.9 Å². The van der Waals surface area contributed by atoms with E-state index in [9.17, 15) is 13.2 Å². The summed E-state index contributed by atoms with van der Waals surface area (Å²) in [5, 5.41) is 2.67. The van der Waals surface area contributed by atoms with Crippen molar-refractivity contribution in [3.8, 4) is 5.75 Å². The van der Waals surface area contributed by atoms with E-state index in [1.807, 2.05) is 0 Å². The second-order valence-corrected chi connectivity index (χ2v) is 7.82. The summed E-state index contributed by atoms with van der Waals surface area (Å²) < 4.78 is 30.3. The first-order chi connectivity index (χ1) is 10.9. The molecule has 2 aromatic carbocycles. The minimum atomic E-state index is -3.50. The number of halogens is 1. The smallest absolute Gasteiger partial charge is 0.225 e. The fourth-order valence-electron chi connectivity index (χ4n) is 1.88. The van der Waals surface area contributed by atoms with Crippen molar-refractivity contribution in [1.82, 2.24) is 0 Å². The highest BCUT2D eigenvalue weighted by Gasteiger charge is 2.16. The van der Waals surface area contributed by atoms with E-state index in [2.05, 4.69) is 21.2 Å². The van der Waals surface area contributed by atoms with Crippen molar-refractivity contribution in [2.75, 3.05) is 18.2 Å². The molecule has 23 heavy (non-hydrogen) atoms. The summed E-state index contributed by atoms with van der Waals surface area (Å²) >= 11 is 3.30. The Hall–Kier alpha value is -1.86. The van der Waals surface area contributed by atoms with Crippen molar-refractivity contribution in [3.63, 3.8) is 0 Å². The van der Waals surface area contributed by atoms with E-state index in [0.717, 1.165) is 4.47 Å². The first-order valence-electron chi connectivity index (χ1n) is 6.83. The molecule has 0 spiro atoms. The van der Waals surface area contributed by atoms with Gasteiger partial charge in [0.05, 0.1) is 17.8 Å². The average Bonchev–Trinajstić information content (AvgIpc) is 2.55. The molecule has 2 aromatic rings. The maximum atomic E-state index is 12.2. The number of amides is 1. The lowest BCUT2D eigenvalue weighted by molar-refractivity contribution is -0.115. The summed E-state index contributed by atoms with van der Waals surface area (Å²) in [4.78, 5) is 12.0. The fraction of sp³-hybridized carbons (Fsp3) is 0.188. The molecule has 0 saturated carbocycles. The van der Waals surface area contributed by atoms with Gasteiger partial charge in [-0.05, 0) is 48.5 Å². The molecule has 0 aromatic heterocycles. The molecule has 7 heteroatoms. The van der Waals surface area contributed by atoms with Crippen LogP contribution in [-0.2, 0) is 14.6 Å². The maximum Gasteiger partial charge on any atom is 0.225 e. The fourth-order valence-corrected chi connectivity index (χ4v) is 3.39. The van der Waals surface area contributed by atoms with E-state index in [-0.39, 0.29) is 23.0 Å². The molecule has 0 aliphatic heterocycles. The minimum absolute atomic E-state index is 0.107. The molecule has 0 aliphatic rings. The van der Waals surface area contributed by atoms with Gasteiger partial charge in [-0.25, -0.2) is 8.42 Å². The van der Waals surface area contributed by atoms with Gasteiger partial charge in [0.2, 0.25) is 5.91 Å². The molecule has 0 fully saturated rings. The van der Waals surface area contributed by atoms with Crippen LogP contribution in [0.1, 0.15) is 6.42 Å². The standard InChI is InChI=1S/C16H16BrNO4S/c1-22-14-6-8-15(9-7-14)23(20,21)11-10-16(19)18-13-4-2-12(17)3-5-13/h2-9H,10-11H2,1H3,(H,18,19). The highest BCUT2D eigenvalue weighted by molar-refractivity contribution is 9.10. The van der Waals surface area contributed by atoms with E-state index in [1.54, 1.807) is 36.4 Å². The topological polar surface area (TPSA) is 72.5 Å². The van der Waals surface area contributed by atoms with E-state index in [4.69, 9.17) is 4.74 Å². The molecule has 0 aliphatic carbocycles. The normalized spacial score (nSPS) is 11.0. The van der Waals surface area contributed by atoms with Crippen molar-refractivity contribution in [3.05, 3.63) is 53.0 Å². The van der Waals surface area contributed by atoms with Crippen LogP contribution in [0.15, 0.2) is 57.9 Å². The monoisotopic (exact) mass is 397 g/mol. The molecule has 0 unspecified atom stereocenters. The third-order valence-electron chi connectivity index (χ3n) is 3.14. The molecular weight excluding hydrogens is 382 g/mol. The third kappa shape index (κ3) is 5.07. The Kier molecular flexibility index (Phi) is 5.79. The Morgan fingerprint density at radius 1 is 1.09 bits per heavy atom. The van der Waals surface area contributed by atoms with Gasteiger partial charge in [0.25, 0.3) is 0 Å². The molecule has 2 rings (SSSR count). The lowest BCUT2D eigenvalue weighted by atomic mass is 10.3. The third-order valence-corrected chi connectivity index (χ3v) is 5.41. The molecule has 0 bridgehead atoms. The van der Waals surface area contributed by atoms with Gasteiger partial charge in [0.1, 0.15) is 5.75 Å². The Balaban J connectivity index is 1.95. The van der Waals surface area contributed by atoms with E-state index in [1.165, 1.54) is 19.2 Å². The predicted octanol–water partition coefficient (Wildman–Crippen LogP) is 3.26. The van der Waals surface area contributed by atoms with Crippen LogP contribution in [-0.4, -0.2) is 27.2 Å². The summed E-state index contributed by atoms with van der Waals surface area (Å²) in [7, 11) is -1.99. The zero-order chi connectivity index (χ0) is 16.9. The number of hydrogen-bond acceptors (Lipinski definition) is 4. The molecule has 1 N–H and O–H groups in total. The Labute approximate surface area is 143 Å². The number of anilines is 1.